The van der Waals surface area contributed by atoms with E-state index in [4.69, 9.17) is 22.1 Å². The van der Waals surface area contributed by atoms with Crippen LogP contribution in [0.15, 0.2) is 42.5 Å². The summed E-state index contributed by atoms with van der Waals surface area (Å²) in [5, 5.41) is 0.459. The summed E-state index contributed by atoms with van der Waals surface area (Å²) in [6.45, 7) is 8.68. The minimum absolute atomic E-state index is 0.0739. The SMILES string of the molecule is CC(C)N(c1c(OCc2ccccc2)cc(Cl)cc1C(=O)CN)C(C)C. The van der Waals surface area contributed by atoms with Gasteiger partial charge in [0, 0.05) is 28.7 Å². The second kappa shape index (κ2) is 9.06. The van der Waals surface area contributed by atoms with Gasteiger partial charge in [-0.3, -0.25) is 4.79 Å². The van der Waals surface area contributed by atoms with Crippen molar-refractivity contribution in [3.05, 3.63) is 58.6 Å². The lowest BCUT2D eigenvalue weighted by atomic mass is 10.0. The molecule has 0 spiro atoms. The number of rotatable bonds is 8. The number of halogens is 1. The minimum Gasteiger partial charge on any atom is -0.487 e. The van der Waals surface area contributed by atoms with Gasteiger partial charge in [-0.15, -0.1) is 0 Å². The van der Waals surface area contributed by atoms with Crippen LogP contribution in [0.5, 0.6) is 5.75 Å². The van der Waals surface area contributed by atoms with Crippen LogP contribution in [0.25, 0.3) is 0 Å². The first-order valence-electron chi connectivity index (χ1n) is 8.87. The summed E-state index contributed by atoms with van der Waals surface area (Å²) < 4.78 is 6.10. The molecule has 0 aliphatic heterocycles. The van der Waals surface area contributed by atoms with Gasteiger partial charge in [0.2, 0.25) is 0 Å². The molecule has 4 nitrogen and oxygen atoms in total. The molecule has 5 heteroatoms. The van der Waals surface area contributed by atoms with Gasteiger partial charge in [0.25, 0.3) is 0 Å². The Morgan fingerprint density at radius 1 is 1.12 bits per heavy atom. The smallest absolute Gasteiger partial charge is 0.178 e. The lowest BCUT2D eigenvalue weighted by Gasteiger charge is -2.35. The fourth-order valence-electron chi connectivity index (χ4n) is 3.12. The molecular formula is C21H27ClN2O2. The maximum Gasteiger partial charge on any atom is 0.178 e. The van der Waals surface area contributed by atoms with E-state index in [-0.39, 0.29) is 24.4 Å². The Hall–Kier alpha value is -2.04. The molecule has 0 radical (unpaired) electrons. The first kappa shape index (κ1) is 20.3. The molecule has 0 atom stereocenters. The average Bonchev–Trinajstić information content (AvgIpc) is 2.60. The number of anilines is 1. The molecular weight excluding hydrogens is 348 g/mol. The van der Waals surface area contributed by atoms with Gasteiger partial charge in [-0.05, 0) is 39.3 Å². The number of carbonyl (C=O) groups is 1. The molecule has 0 aliphatic rings. The number of Topliss-reactive ketones (excluding diaryl/α,β-unsaturated/α-hetero) is 1. The Morgan fingerprint density at radius 3 is 2.27 bits per heavy atom. The van der Waals surface area contributed by atoms with Gasteiger partial charge in [0.15, 0.2) is 5.78 Å². The van der Waals surface area contributed by atoms with Crippen LogP contribution in [-0.4, -0.2) is 24.4 Å². The number of hydrogen-bond acceptors (Lipinski definition) is 4. The van der Waals surface area contributed by atoms with E-state index in [0.717, 1.165) is 11.3 Å². The van der Waals surface area contributed by atoms with Crippen LogP contribution in [0, 0.1) is 0 Å². The molecule has 0 aliphatic carbocycles. The van der Waals surface area contributed by atoms with Crippen molar-refractivity contribution in [2.24, 2.45) is 5.73 Å². The fourth-order valence-corrected chi connectivity index (χ4v) is 3.33. The number of nitrogens with zero attached hydrogens (tertiary/aromatic N) is 1. The summed E-state index contributed by atoms with van der Waals surface area (Å²) in [7, 11) is 0. The van der Waals surface area contributed by atoms with Crippen LogP contribution in [-0.2, 0) is 6.61 Å². The molecule has 0 heterocycles. The van der Waals surface area contributed by atoms with Crippen molar-refractivity contribution in [2.75, 3.05) is 11.4 Å². The molecule has 0 aromatic heterocycles. The predicted octanol–water partition coefficient (Wildman–Crippen LogP) is 4.68. The van der Waals surface area contributed by atoms with Crippen LogP contribution in [0.2, 0.25) is 5.02 Å². The Balaban J connectivity index is 2.53. The highest BCUT2D eigenvalue weighted by Crippen LogP contribution is 2.38. The van der Waals surface area contributed by atoms with Crippen molar-refractivity contribution in [3.63, 3.8) is 0 Å². The van der Waals surface area contributed by atoms with Crippen molar-refractivity contribution in [1.82, 2.24) is 0 Å². The van der Waals surface area contributed by atoms with Gasteiger partial charge >= 0.3 is 0 Å². The molecule has 2 rings (SSSR count). The van der Waals surface area contributed by atoms with E-state index >= 15 is 0 Å². The summed E-state index contributed by atoms with van der Waals surface area (Å²) in [4.78, 5) is 14.7. The van der Waals surface area contributed by atoms with Crippen molar-refractivity contribution < 1.29 is 9.53 Å². The third-order valence-corrected chi connectivity index (χ3v) is 4.35. The van der Waals surface area contributed by atoms with Gasteiger partial charge in [-0.25, -0.2) is 0 Å². The molecule has 0 amide bonds. The first-order chi connectivity index (χ1) is 12.3. The molecule has 0 saturated heterocycles. The van der Waals surface area contributed by atoms with Crippen molar-refractivity contribution in [3.8, 4) is 5.75 Å². The number of hydrogen-bond donors (Lipinski definition) is 1. The number of ketones is 1. The third-order valence-electron chi connectivity index (χ3n) is 4.13. The number of benzene rings is 2. The second-order valence-electron chi connectivity index (χ2n) is 6.80. The van der Waals surface area contributed by atoms with Gasteiger partial charge < -0.3 is 15.4 Å². The molecule has 0 fully saturated rings. The van der Waals surface area contributed by atoms with Crippen molar-refractivity contribution in [2.45, 2.75) is 46.4 Å². The zero-order valence-electron chi connectivity index (χ0n) is 15.8. The molecule has 2 N–H and O–H groups in total. The van der Waals surface area contributed by atoms with E-state index in [9.17, 15) is 4.79 Å². The third kappa shape index (κ3) is 4.77. The van der Waals surface area contributed by atoms with Gasteiger partial charge in [-0.2, -0.15) is 0 Å². The monoisotopic (exact) mass is 374 g/mol. The predicted molar refractivity (Wildman–Crippen MR) is 108 cm³/mol. The van der Waals surface area contributed by atoms with E-state index in [2.05, 4.69) is 32.6 Å². The van der Waals surface area contributed by atoms with Crippen LogP contribution in [0.3, 0.4) is 0 Å². The Bertz CT molecular complexity index is 737. The minimum atomic E-state index is -0.154. The topological polar surface area (TPSA) is 55.6 Å². The molecule has 0 unspecified atom stereocenters. The van der Waals surface area contributed by atoms with Gasteiger partial charge in [-0.1, -0.05) is 41.9 Å². The highest BCUT2D eigenvalue weighted by Gasteiger charge is 2.25. The van der Waals surface area contributed by atoms with Crippen molar-refractivity contribution >= 4 is 23.1 Å². The van der Waals surface area contributed by atoms with Gasteiger partial charge in [0.05, 0.1) is 12.2 Å². The maximum atomic E-state index is 12.5. The molecule has 2 aromatic rings. The average molecular weight is 375 g/mol. The first-order valence-corrected chi connectivity index (χ1v) is 9.24. The summed E-state index contributed by atoms with van der Waals surface area (Å²) in [5.74, 6) is 0.443. The van der Waals surface area contributed by atoms with Gasteiger partial charge in [0.1, 0.15) is 12.4 Å². The van der Waals surface area contributed by atoms with Crippen molar-refractivity contribution in [1.29, 1.82) is 0 Å². The van der Waals surface area contributed by atoms with E-state index in [0.29, 0.717) is 22.9 Å². The van der Waals surface area contributed by atoms with E-state index in [1.807, 2.05) is 30.3 Å². The lowest BCUT2D eigenvalue weighted by Crippen LogP contribution is -2.38. The van der Waals surface area contributed by atoms with Crippen LogP contribution in [0.1, 0.15) is 43.6 Å². The zero-order valence-corrected chi connectivity index (χ0v) is 16.6. The summed E-state index contributed by atoms with van der Waals surface area (Å²) >= 11 is 6.28. The van der Waals surface area contributed by atoms with Crippen LogP contribution in [0.4, 0.5) is 5.69 Å². The number of nitrogens with two attached hydrogens (primary N) is 1. The fraction of sp³-hybridized carbons (Fsp3) is 0.381. The Labute approximate surface area is 160 Å². The summed E-state index contributed by atoms with van der Waals surface area (Å²) in [5.41, 5.74) is 7.95. The second-order valence-corrected chi connectivity index (χ2v) is 7.23. The largest absolute Gasteiger partial charge is 0.487 e. The summed E-state index contributed by atoms with van der Waals surface area (Å²) in [6.07, 6.45) is 0. The highest BCUT2D eigenvalue weighted by molar-refractivity contribution is 6.31. The van der Waals surface area contributed by atoms with Crippen LogP contribution >= 0.6 is 11.6 Å². The maximum absolute atomic E-state index is 12.5. The molecule has 140 valence electrons. The quantitative estimate of drug-likeness (QED) is 0.681. The molecule has 0 saturated carbocycles. The molecule has 26 heavy (non-hydrogen) atoms. The normalized spacial score (nSPS) is 11.1. The van der Waals surface area contributed by atoms with Crippen LogP contribution < -0.4 is 15.4 Å². The van der Waals surface area contributed by atoms with E-state index < -0.39 is 0 Å². The number of carbonyl (C=O) groups excluding carboxylic acids is 1. The molecule has 0 bridgehead atoms. The Morgan fingerprint density at radius 2 is 1.73 bits per heavy atom. The lowest BCUT2D eigenvalue weighted by molar-refractivity contribution is 0.100. The summed E-state index contributed by atoms with van der Waals surface area (Å²) in [6, 6.07) is 13.7. The standard InChI is InChI=1S/C21H27ClN2O2/c1-14(2)24(15(3)4)21-18(19(25)12-23)10-17(22)11-20(21)26-13-16-8-6-5-7-9-16/h5-11,14-15H,12-13,23H2,1-4H3. The zero-order chi connectivity index (χ0) is 19.3. The Kier molecular flexibility index (Phi) is 7.06. The molecule has 2 aromatic carbocycles. The highest BCUT2D eigenvalue weighted by atomic mass is 35.5. The van der Waals surface area contributed by atoms with E-state index in [1.165, 1.54) is 0 Å². The van der Waals surface area contributed by atoms with E-state index in [1.54, 1.807) is 12.1 Å². The number of ether oxygens (including phenoxy) is 1.